The van der Waals surface area contributed by atoms with Gasteiger partial charge in [0.1, 0.15) is 5.82 Å². The smallest absolute Gasteiger partial charge is 0.389 e. The van der Waals surface area contributed by atoms with Gasteiger partial charge in [-0.1, -0.05) is 29.8 Å². The molecule has 1 amide bonds. The van der Waals surface area contributed by atoms with Crippen molar-refractivity contribution >= 4 is 17.7 Å². The van der Waals surface area contributed by atoms with E-state index >= 15 is 0 Å². The summed E-state index contributed by atoms with van der Waals surface area (Å²) in [4.78, 5) is 14.3. The zero-order chi connectivity index (χ0) is 20.4. The van der Waals surface area contributed by atoms with Crippen LogP contribution in [0.2, 0.25) is 5.02 Å². The summed E-state index contributed by atoms with van der Waals surface area (Å²) in [6.07, 6.45) is 1.81. The molecule has 150 valence electrons. The van der Waals surface area contributed by atoms with Crippen LogP contribution in [0.25, 0.3) is 11.1 Å². The van der Waals surface area contributed by atoms with E-state index in [1.807, 2.05) is 25.1 Å². The maximum atomic E-state index is 13.1. The lowest BCUT2D eigenvalue weighted by Crippen LogP contribution is -2.35. The number of benzene rings is 2. The highest BCUT2D eigenvalue weighted by Crippen LogP contribution is 2.39. The third-order valence-corrected chi connectivity index (χ3v) is 5.43. The number of aryl methyl sites for hydroxylation is 2. The number of aromatic amines is 1. The topological polar surface area (TPSA) is 58.2 Å². The Morgan fingerprint density at radius 2 is 2.03 bits per heavy atom. The SMILES string of the molecule is CCN(CCc1ccc(F)cc1)C(=O)Oc1n[nH]c2c1-c1ccc(Cl)cc1CC2. The van der Waals surface area contributed by atoms with E-state index in [9.17, 15) is 9.18 Å². The number of ether oxygens (including phenoxy) is 1. The molecule has 1 heterocycles. The van der Waals surface area contributed by atoms with E-state index in [0.717, 1.165) is 40.8 Å². The number of hydrogen-bond donors (Lipinski definition) is 1. The Morgan fingerprint density at radius 1 is 1.24 bits per heavy atom. The predicted octanol–water partition coefficient (Wildman–Crippen LogP) is 5.03. The summed E-state index contributed by atoms with van der Waals surface area (Å²) in [7, 11) is 0. The van der Waals surface area contributed by atoms with E-state index in [1.165, 1.54) is 12.1 Å². The van der Waals surface area contributed by atoms with Crippen molar-refractivity contribution in [1.82, 2.24) is 15.1 Å². The van der Waals surface area contributed by atoms with Gasteiger partial charge in [0.15, 0.2) is 0 Å². The van der Waals surface area contributed by atoms with Crippen LogP contribution in [0.5, 0.6) is 5.88 Å². The molecule has 0 atom stereocenters. The highest BCUT2D eigenvalue weighted by Gasteiger charge is 2.26. The third kappa shape index (κ3) is 4.12. The molecule has 3 aromatic rings. The molecule has 7 heteroatoms. The van der Waals surface area contributed by atoms with Gasteiger partial charge in [-0.2, -0.15) is 0 Å². The molecule has 1 N–H and O–H groups in total. The summed E-state index contributed by atoms with van der Waals surface area (Å²) >= 11 is 6.12. The molecule has 0 bridgehead atoms. The maximum Gasteiger partial charge on any atom is 0.416 e. The summed E-state index contributed by atoms with van der Waals surface area (Å²) in [5, 5.41) is 7.91. The molecule has 0 saturated carbocycles. The summed E-state index contributed by atoms with van der Waals surface area (Å²) in [5.41, 5.74) is 4.84. The largest absolute Gasteiger partial charge is 0.416 e. The number of H-pyrrole nitrogens is 1. The number of nitrogens with zero attached hydrogens (tertiary/aromatic N) is 2. The molecule has 1 aromatic heterocycles. The van der Waals surface area contributed by atoms with Gasteiger partial charge in [-0.15, -0.1) is 5.10 Å². The van der Waals surface area contributed by atoms with Crippen molar-refractivity contribution in [3.63, 3.8) is 0 Å². The number of carbonyl (C=O) groups is 1. The monoisotopic (exact) mass is 413 g/mol. The molecular formula is C22H21ClFN3O2. The summed E-state index contributed by atoms with van der Waals surface area (Å²) in [6.45, 7) is 2.86. The lowest BCUT2D eigenvalue weighted by molar-refractivity contribution is 0.153. The Hall–Kier alpha value is -2.86. The lowest BCUT2D eigenvalue weighted by atomic mass is 9.90. The Kier molecular flexibility index (Phi) is 5.53. The molecule has 4 rings (SSSR count). The number of aromatic nitrogens is 2. The molecule has 0 saturated heterocycles. The minimum Gasteiger partial charge on any atom is -0.389 e. The van der Waals surface area contributed by atoms with Gasteiger partial charge < -0.3 is 9.64 Å². The van der Waals surface area contributed by atoms with Gasteiger partial charge >= 0.3 is 6.09 Å². The van der Waals surface area contributed by atoms with Crippen LogP contribution < -0.4 is 4.74 Å². The Balaban J connectivity index is 1.49. The van der Waals surface area contributed by atoms with Crippen LogP contribution in [0.3, 0.4) is 0 Å². The van der Waals surface area contributed by atoms with Crippen molar-refractivity contribution < 1.29 is 13.9 Å². The van der Waals surface area contributed by atoms with E-state index in [1.54, 1.807) is 17.0 Å². The molecule has 1 aliphatic carbocycles. The van der Waals surface area contributed by atoms with Crippen LogP contribution in [-0.4, -0.2) is 34.3 Å². The van der Waals surface area contributed by atoms with Gasteiger partial charge in [0.2, 0.25) is 0 Å². The normalized spacial score (nSPS) is 12.2. The molecule has 1 aliphatic rings. The van der Waals surface area contributed by atoms with Crippen molar-refractivity contribution in [3.8, 4) is 17.0 Å². The fraction of sp³-hybridized carbons (Fsp3) is 0.273. The highest BCUT2D eigenvalue weighted by molar-refractivity contribution is 6.30. The number of nitrogens with one attached hydrogen (secondary N) is 1. The average molecular weight is 414 g/mol. The summed E-state index contributed by atoms with van der Waals surface area (Å²) in [5.74, 6) is 0.0129. The number of hydrogen-bond acceptors (Lipinski definition) is 3. The standard InChI is InChI=1S/C22H21ClFN3O2/c1-2-27(12-11-14-3-7-17(24)8-4-14)22(28)29-21-20-18-9-6-16(23)13-15(18)5-10-19(20)25-26-21/h3-4,6-9,13H,2,5,10-12H2,1H3,(H,25,26). The minimum absolute atomic E-state index is 0.273. The zero-order valence-electron chi connectivity index (χ0n) is 16.0. The first-order valence-corrected chi connectivity index (χ1v) is 10.00. The molecule has 5 nitrogen and oxygen atoms in total. The van der Waals surface area contributed by atoms with Crippen molar-refractivity contribution in [1.29, 1.82) is 0 Å². The van der Waals surface area contributed by atoms with Crippen LogP contribution in [-0.2, 0) is 19.3 Å². The van der Waals surface area contributed by atoms with E-state index in [4.69, 9.17) is 16.3 Å². The fourth-order valence-corrected chi connectivity index (χ4v) is 3.80. The van der Waals surface area contributed by atoms with E-state index in [2.05, 4.69) is 10.2 Å². The van der Waals surface area contributed by atoms with Gasteiger partial charge in [0.25, 0.3) is 5.88 Å². The Bertz CT molecular complexity index is 1030. The van der Waals surface area contributed by atoms with Gasteiger partial charge in [-0.3, -0.25) is 5.10 Å². The lowest BCUT2D eigenvalue weighted by Gasteiger charge is -2.21. The first kappa shape index (κ1) is 19.5. The predicted molar refractivity (Wildman–Crippen MR) is 110 cm³/mol. The Labute approximate surface area is 173 Å². The number of rotatable bonds is 5. The van der Waals surface area contributed by atoms with Crippen molar-refractivity contribution in [2.24, 2.45) is 0 Å². The number of fused-ring (bicyclic) bond motifs is 3. The molecule has 0 fully saturated rings. The highest BCUT2D eigenvalue weighted by atomic mass is 35.5. The van der Waals surface area contributed by atoms with Gasteiger partial charge in [0.05, 0.1) is 5.56 Å². The van der Waals surface area contributed by atoms with E-state index in [0.29, 0.717) is 24.5 Å². The first-order chi connectivity index (χ1) is 14.0. The second kappa shape index (κ2) is 8.25. The van der Waals surface area contributed by atoms with Gasteiger partial charge in [-0.05, 0) is 67.1 Å². The first-order valence-electron chi connectivity index (χ1n) is 9.62. The van der Waals surface area contributed by atoms with Crippen LogP contribution in [0.15, 0.2) is 42.5 Å². The third-order valence-electron chi connectivity index (χ3n) is 5.20. The van der Waals surface area contributed by atoms with Crippen LogP contribution in [0, 0.1) is 5.82 Å². The molecular weight excluding hydrogens is 393 g/mol. The van der Waals surface area contributed by atoms with Crippen molar-refractivity contribution in [2.45, 2.75) is 26.2 Å². The molecule has 0 unspecified atom stereocenters. The second-order valence-electron chi connectivity index (χ2n) is 7.01. The molecule has 0 aliphatic heterocycles. The minimum atomic E-state index is -0.454. The Morgan fingerprint density at radius 3 is 2.79 bits per heavy atom. The van der Waals surface area contributed by atoms with Gasteiger partial charge in [0, 0.05) is 23.8 Å². The maximum absolute atomic E-state index is 13.1. The van der Waals surface area contributed by atoms with Crippen LogP contribution in [0.4, 0.5) is 9.18 Å². The molecule has 2 aromatic carbocycles. The average Bonchev–Trinajstić information content (AvgIpc) is 3.12. The number of halogens is 2. The molecule has 0 spiro atoms. The fourth-order valence-electron chi connectivity index (χ4n) is 3.61. The quantitative estimate of drug-likeness (QED) is 0.638. The molecule has 0 radical (unpaired) electrons. The second-order valence-corrected chi connectivity index (χ2v) is 7.44. The van der Waals surface area contributed by atoms with E-state index < -0.39 is 6.09 Å². The van der Waals surface area contributed by atoms with Crippen molar-refractivity contribution in [2.75, 3.05) is 13.1 Å². The zero-order valence-corrected chi connectivity index (χ0v) is 16.8. The van der Waals surface area contributed by atoms with Gasteiger partial charge in [-0.25, -0.2) is 9.18 Å². The van der Waals surface area contributed by atoms with Crippen LogP contribution >= 0.6 is 11.6 Å². The molecule has 29 heavy (non-hydrogen) atoms. The number of amides is 1. The number of carbonyl (C=O) groups excluding carboxylic acids is 1. The number of likely N-dealkylation sites (N-methyl/N-ethyl adjacent to an activating group) is 1. The van der Waals surface area contributed by atoms with E-state index in [-0.39, 0.29) is 11.7 Å². The summed E-state index contributed by atoms with van der Waals surface area (Å²) in [6, 6.07) is 12.0. The van der Waals surface area contributed by atoms with Crippen molar-refractivity contribution in [3.05, 3.63) is 70.1 Å². The van der Waals surface area contributed by atoms with Crippen LogP contribution in [0.1, 0.15) is 23.7 Å². The summed E-state index contributed by atoms with van der Waals surface area (Å²) < 4.78 is 18.7.